The molecule has 34 heavy (non-hydrogen) atoms. The van der Waals surface area contributed by atoms with Crippen molar-refractivity contribution < 1.29 is 23.6 Å². The van der Waals surface area contributed by atoms with Crippen LogP contribution in [0.2, 0.25) is 5.02 Å². The minimum absolute atomic E-state index is 0.0639. The van der Waals surface area contributed by atoms with Gasteiger partial charge in [0.1, 0.15) is 5.75 Å². The van der Waals surface area contributed by atoms with E-state index < -0.39 is 5.41 Å². The molecule has 0 N–H and O–H groups in total. The van der Waals surface area contributed by atoms with Crippen LogP contribution in [0.15, 0.2) is 34.9 Å². The van der Waals surface area contributed by atoms with Crippen molar-refractivity contribution in [3.63, 3.8) is 0 Å². The lowest BCUT2D eigenvalue weighted by Gasteiger charge is -2.43. The Morgan fingerprint density at radius 1 is 1.18 bits per heavy atom. The van der Waals surface area contributed by atoms with Gasteiger partial charge in [0.25, 0.3) is 5.91 Å². The first-order valence-electron chi connectivity index (χ1n) is 11.8. The number of hydrogen-bond donors (Lipinski definition) is 0. The van der Waals surface area contributed by atoms with Crippen LogP contribution in [-0.2, 0) is 9.53 Å². The fraction of sp³-hybridized carbons (Fsp3) is 0.560. The second-order valence-electron chi connectivity index (χ2n) is 9.52. The van der Waals surface area contributed by atoms with Gasteiger partial charge < -0.3 is 23.8 Å². The molecule has 0 aliphatic carbocycles. The maximum absolute atomic E-state index is 13.3. The van der Waals surface area contributed by atoms with Crippen LogP contribution in [-0.4, -0.2) is 72.8 Å². The molecule has 8 nitrogen and oxygen atoms in total. The molecule has 3 heterocycles. The minimum atomic E-state index is -0.521. The molecule has 2 amide bonds. The van der Waals surface area contributed by atoms with Gasteiger partial charge >= 0.3 is 0 Å². The van der Waals surface area contributed by atoms with Gasteiger partial charge in [-0.1, -0.05) is 36.7 Å². The van der Waals surface area contributed by atoms with Crippen molar-refractivity contribution in [2.45, 2.75) is 39.0 Å². The molecule has 2 fully saturated rings. The highest BCUT2D eigenvalue weighted by Gasteiger charge is 2.41. The summed E-state index contributed by atoms with van der Waals surface area (Å²) in [7, 11) is 0. The molecule has 1 aromatic heterocycles. The topological polar surface area (TPSA) is 85.1 Å². The summed E-state index contributed by atoms with van der Waals surface area (Å²) in [6.45, 7) is 7.58. The van der Waals surface area contributed by atoms with E-state index in [9.17, 15) is 9.59 Å². The molecule has 1 aromatic carbocycles. The number of hydrogen-bond acceptors (Lipinski definition) is 6. The molecule has 4 rings (SSSR count). The average molecular weight is 490 g/mol. The highest BCUT2D eigenvalue weighted by Crippen LogP contribution is 2.36. The molecule has 0 saturated carbocycles. The number of morpholine rings is 1. The quantitative estimate of drug-likeness (QED) is 0.584. The zero-order valence-electron chi connectivity index (χ0n) is 19.8. The Kier molecular flexibility index (Phi) is 7.78. The van der Waals surface area contributed by atoms with E-state index in [1.54, 1.807) is 23.1 Å². The zero-order valence-corrected chi connectivity index (χ0v) is 20.6. The Balaban J connectivity index is 1.52. The number of carbonyl (C=O) groups is 2. The molecule has 9 heteroatoms. The van der Waals surface area contributed by atoms with Gasteiger partial charge in [-0.2, -0.15) is 0 Å². The summed E-state index contributed by atoms with van der Waals surface area (Å²) in [4.78, 5) is 30.1. The number of amides is 2. The molecular weight excluding hydrogens is 458 g/mol. The van der Waals surface area contributed by atoms with E-state index in [1.165, 1.54) is 0 Å². The first kappa shape index (κ1) is 24.5. The highest BCUT2D eigenvalue weighted by atomic mass is 35.5. The summed E-state index contributed by atoms with van der Waals surface area (Å²) in [5.41, 5.74) is 0.227. The lowest BCUT2D eigenvalue weighted by Crippen LogP contribution is -2.52. The predicted octanol–water partition coefficient (Wildman–Crippen LogP) is 4.00. The van der Waals surface area contributed by atoms with Crippen LogP contribution in [0.3, 0.4) is 0 Å². The van der Waals surface area contributed by atoms with Gasteiger partial charge in [0, 0.05) is 49.1 Å². The number of likely N-dealkylation sites (tertiary alicyclic amines) is 1. The second kappa shape index (κ2) is 10.8. The molecule has 2 saturated heterocycles. The van der Waals surface area contributed by atoms with Crippen molar-refractivity contribution in [1.29, 1.82) is 0 Å². The van der Waals surface area contributed by atoms with Crippen LogP contribution < -0.4 is 4.74 Å². The van der Waals surface area contributed by atoms with Gasteiger partial charge in [-0.25, -0.2) is 0 Å². The van der Waals surface area contributed by atoms with Crippen LogP contribution in [0.25, 0.3) is 0 Å². The molecule has 0 spiro atoms. The summed E-state index contributed by atoms with van der Waals surface area (Å²) in [6, 6.07) is 8.93. The Morgan fingerprint density at radius 3 is 2.68 bits per heavy atom. The maximum atomic E-state index is 13.3. The van der Waals surface area contributed by atoms with Gasteiger partial charge in [0.05, 0.1) is 25.5 Å². The summed E-state index contributed by atoms with van der Waals surface area (Å²) < 4.78 is 16.9. The van der Waals surface area contributed by atoms with E-state index in [-0.39, 0.29) is 23.5 Å². The SMILES string of the molecule is CC(C)c1cc(C(=O)N2CCCC(COc3cccc(Cl)c3)(CC(=O)N3CCOCC3)C2)on1. The number of nitrogens with zero attached hydrogens (tertiary/aromatic N) is 3. The second-order valence-corrected chi connectivity index (χ2v) is 9.95. The summed E-state index contributed by atoms with van der Waals surface area (Å²) in [5, 5.41) is 4.62. The van der Waals surface area contributed by atoms with E-state index in [4.69, 9.17) is 25.6 Å². The van der Waals surface area contributed by atoms with Crippen molar-refractivity contribution in [1.82, 2.24) is 15.0 Å². The normalized spacial score (nSPS) is 21.1. The summed E-state index contributed by atoms with van der Waals surface area (Å²) >= 11 is 6.12. The first-order valence-corrected chi connectivity index (χ1v) is 12.2. The molecule has 184 valence electrons. The number of rotatable bonds is 7. The van der Waals surface area contributed by atoms with Crippen molar-refractivity contribution in [3.05, 3.63) is 46.8 Å². The van der Waals surface area contributed by atoms with Gasteiger partial charge in [-0.3, -0.25) is 9.59 Å². The summed E-state index contributed by atoms with van der Waals surface area (Å²) in [6.07, 6.45) is 1.85. The maximum Gasteiger partial charge on any atom is 0.292 e. The van der Waals surface area contributed by atoms with E-state index >= 15 is 0 Å². The lowest BCUT2D eigenvalue weighted by atomic mass is 9.77. The van der Waals surface area contributed by atoms with E-state index in [0.29, 0.717) is 63.2 Å². The fourth-order valence-corrected chi connectivity index (χ4v) is 4.73. The zero-order chi connectivity index (χ0) is 24.1. The Labute approximate surface area is 205 Å². The Morgan fingerprint density at radius 2 is 1.97 bits per heavy atom. The average Bonchev–Trinajstić information content (AvgIpc) is 3.34. The van der Waals surface area contributed by atoms with Crippen LogP contribution in [0.1, 0.15) is 55.3 Å². The standard InChI is InChI=1S/C25H32ClN3O5/c1-18(2)21-14-22(34-27-21)24(31)29-8-4-7-25(16-29,15-23(30)28-9-11-32-12-10-28)17-33-20-6-3-5-19(26)13-20/h3,5-6,13-14,18H,4,7-12,15-17H2,1-2H3. The first-order chi connectivity index (χ1) is 16.3. The molecule has 0 bridgehead atoms. The number of piperidine rings is 1. The third-order valence-corrected chi connectivity index (χ3v) is 6.75. The smallest absolute Gasteiger partial charge is 0.292 e. The van der Waals surface area contributed by atoms with Crippen LogP contribution in [0.4, 0.5) is 0 Å². The Hall–Kier alpha value is -2.58. The van der Waals surface area contributed by atoms with Crippen LogP contribution in [0.5, 0.6) is 5.75 Å². The fourth-order valence-electron chi connectivity index (χ4n) is 4.55. The third kappa shape index (κ3) is 5.91. The molecule has 2 aliphatic rings. The van der Waals surface area contributed by atoms with Gasteiger partial charge in [-0.15, -0.1) is 0 Å². The minimum Gasteiger partial charge on any atom is -0.493 e. The van der Waals surface area contributed by atoms with Gasteiger partial charge in [-0.05, 0) is 37.0 Å². The summed E-state index contributed by atoms with van der Waals surface area (Å²) in [5.74, 6) is 0.905. The number of ether oxygens (including phenoxy) is 2. The van der Waals surface area contributed by atoms with Crippen LogP contribution >= 0.6 is 11.6 Å². The van der Waals surface area contributed by atoms with Crippen molar-refractivity contribution in [2.75, 3.05) is 46.0 Å². The Bertz CT molecular complexity index is 1000. The van der Waals surface area contributed by atoms with Crippen molar-refractivity contribution in [2.24, 2.45) is 5.41 Å². The molecule has 0 radical (unpaired) electrons. The third-order valence-electron chi connectivity index (χ3n) is 6.51. The number of halogens is 1. The molecule has 2 aromatic rings. The lowest BCUT2D eigenvalue weighted by molar-refractivity contribution is -0.139. The van der Waals surface area contributed by atoms with Crippen LogP contribution in [0, 0.1) is 5.41 Å². The van der Waals surface area contributed by atoms with Crippen molar-refractivity contribution in [3.8, 4) is 5.75 Å². The molecule has 2 aliphatic heterocycles. The molecular formula is C25H32ClN3O5. The van der Waals surface area contributed by atoms with Crippen molar-refractivity contribution >= 4 is 23.4 Å². The van der Waals surface area contributed by atoms with E-state index in [1.807, 2.05) is 30.9 Å². The number of benzene rings is 1. The monoisotopic (exact) mass is 489 g/mol. The van der Waals surface area contributed by atoms with Gasteiger partial charge in [0.2, 0.25) is 11.7 Å². The van der Waals surface area contributed by atoms with E-state index in [0.717, 1.165) is 18.5 Å². The largest absolute Gasteiger partial charge is 0.493 e. The number of aromatic nitrogens is 1. The highest BCUT2D eigenvalue weighted by molar-refractivity contribution is 6.30. The molecule has 1 atom stereocenters. The number of carbonyl (C=O) groups excluding carboxylic acids is 2. The predicted molar refractivity (Wildman–Crippen MR) is 127 cm³/mol. The van der Waals surface area contributed by atoms with E-state index in [2.05, 4.69) is 5.16 Å². The molecule has 1 unspecified atom stereocenters. The van der Waals surface area contributed by atoms with Gasteiger partial charge in [0.15, 0.2) is 0 Å².